The van der Waals surface area contributed by atoms with Crippen LogP contribution in [-0.4, -0.2) is 31.8 Å². The number of rotatable bonds is 4. The number of sulfonamides is 1. The Morgan fingerprint density at radius 3 is 2.38 bits per heavy atom. The van der Waals surface area contributed by atoms with E-state index in [0.717, 1.165) is 12.1 Å². The van der Waals surface area contributed by atoms with Crippen LogP contribution >= 0.6 is 11.6 Å². The molecule has 0 fully saturated rings. The van der Waals surface area contributed by atoms with Gasteiger partial charge in [0.15, 0.2) is 0 Å². The zero-order chi connectivity index (χ0) is 16.6. The van der Waals surface area contributed by atoms with Crippen LogP contribution in [0.25, 0.3) is 0 Å². The third-order valence-electron chi connectivity index (χ3n) is 3.64. The third-order valence-corrected chi connectivity index (χ3v) is 4.87. The summed E-state index contributed by atoms with van der Waals surface area (Å²) < 4.78 is 36.3. The van der Waals surface area contributed by atoms with Crippen LogP contribution in [0.4, 0.5) is 4.39 Å². The van der Waals surface area contributed by atoms with Gasteiger partial charge in [-0.25, -0.2) is 17.9 Å². The van der Waals surface area contributed by atoms with E-state index in [0.29, 0.717) is 6.42 Å². The van der Waals surface area contributed by atoms with Crippen LogP contribution in [0.15, 0.2) is 17.0 Å². The predicted octanol–water partition coefficient (Wildman–Crippen LogP) is 2.39. The lowest BCUT2D eigenvalue weighted by Gasteiger charge is -2.35. The number of hydrogen-bond acceptors (Lipinski definition) is 3. The summed E-state index contributed by atoms with van der Waals surface area (Å²) in [6.07, 6.45) is 0.677. The van der Waals surface area contributed by atoms with Crippen molar-refractivity contribution >= 4 is 27.5 Å². The number of halogens is 2. The molecule has 0 heterocycles. The van der Waals surface area contributed by atoms with Crippen LogP contribution in [-0.2, 0) is 10.0 Å². The van der Waals surface area contributed by atoms with Crippen LogP contribution in [0, 0.1) is 5.82 Å². The molecule has 1 rings (SSSR count). The third kappa shape index (κ3) is 3.72. The molecule has 0 bridgehead atoms. The lowest BCUT2D eigenvalue weighted by molar-refractivity contribution is 0.0620. The van der Waals surface area contributed by atoms with Gasteiger partial charge in [0.1, 0.15) is 10.7 Å². The van der Waals surface area contributed by atoms with Crippen molar-refractivity contribution < 1.29 is 17.6 Å². The van der Waals surface area contributed by atoms with E-state index in [4.69, 9.17) is 16.7 Å². The average molecular weight is 337 g/mol. The molecule has 0 radical (unpaired) electrons. The molecule has 8 heteroatoms. The summed E-state index contributed by atoms with van der Waals surface area (Å²) in [5.74, 6) is -1.59. The molecule has 118 valence electrons. The van der Waals surface area contributed by atoms with Crippen LogP contribution in [0.5, 0.6) is 0 Å². The first-order chi connectivity index (χ1) is 9.41. The fraction of sp³-hybridized carbons (Fsp3) is 0.462. The first kappa shape index (κ1) is 17.9. The molecule has 0 aromatic heterocycles. The van der Waals surface area contributed by atoms with Crippen LogP contribution in [0.1, 0.15) is 37.6 Å². The molecule has 0 spiro atoms. The highest BCUT2D eigenvalue weighted by Gasteiger charge is 2.29. The molecular weight excluding hydrogens is 319 g/mol. The summed E-state index contributed by atoms with van der Waals surface area (Å²) in [6, 6.07) is 1.65. The average Bonchev–Trinajstić information content (AvgIpc) is 2.35. The maximum Gasteiger partial charge on any atom is 0.255 e. The van der Waals surface area contributed by atoms with E-state index < -0.39 is 32.2 Å². The fourth-order valence-corrected chi connectivity index (χ4v) is 2.45. The van der Waals surface area contributed by atoms with Crippen molar-refractivity contribution in [3.05, 3.63) is 28.5 Å². The normalized spacial score (nSPS) is 12.3. The standard InChI is InChI=1S/C13H18ClFN2O3S/c1-5-13(2,3)17(4)12(18)8-6-11(21(16,19)20)10(15)7-9(8)14/h6-7H,5H2,1-4H3,(H2,16,19,20). The first-order valence-electron chi connectivity index (χ1n) is 6.22. The smallest absolute Gasteiger partial charge is 0.255 e. The van der Waals surface area contributed by atoms with Gasteiger partial charge in [-0.15, -0.1) is 0 Å². The van der Waals surface area contributed by atoms with E-state index in [1.807, 2.05) is 20.8 Å². The van der Waals surface area contributed by atoms with E-state index >= 15 is 0 Å². The van der Waals surface area contributed by atoms with Gasteiger partial charge in [0, 0.05) is 12.6 Å². The minimum Gasteiger partial charge on any atom is -0.337 e. The Morgan fingerprint density at radius 1 is 1.43 bits per heavy atom. The SMILES string of the molecule is CCC(C)(C)N(C)C(=O)c1cc(S(N)(=O)=O)c(F)cc1Cl. The molecular formula is C13H18ClFN2O3S. The molecule has 0 aliphatic heterocycles. The van der Waals surface area contributed by atoms with Gasteiger partial charge in [0.05, 0.1) is 10.6 Å². The van der Waals surface area contributed by atoms with Crippen LogP contribution in [0.3, 0.4) is 0 Å². The Hall–Kier alpha value is -1.18. The van der Waals surface area contributed by atoms with Crippen molar-refractivity contribution in [2.45, 2.75) is 37.6 Å². The van der Waals surface area contributed by atoms with Crippen molar-refractivity contribution in [3.8, 4) is 0 Å². The minimum absolute atomic E-state index is 0.105. The summed E-state index contributed by atoms with van der Waals surface area (Å²) >= 11 is 5.86. The van der Waals surface area contributed by atoms with Crippen molar-refractivity contribution in [1.82, 2.24) is 4.90 Å². The highest BCUT2D eigenvalue weighted by Crippen LogP contribution is 2.27. The Kier molecular flexibility index (Phi) is 5.02. The van der Waals surface area contributed by atoms with Crippen molar-refractivity contribution in [2.24, 2.45) is 5.14 Å². The maximum atomic E-state index is 13.6. The Morgan fingerprint density at radius 2 is 1.95 bits per heavy atom. The van der Waals surface area contributed by atoms with E-state index in [-0.39, 0.29) is 10.6 Å². The van der Waals surface area contributed by atoms with Gasteiger partial charge in [-0.1, -0.05) is 18.5 Å². The number of amides is 1. The summed E-state index contributed by atoms with van der Waals surface area (Å²) in [4.78, 5) is 13.1. The summed E-state index contributed by atoms with van der Waals surface area (Å²) in [7, 11) is -2.71. The second kappa shape index (κ2) is 5.90. The summed E-state index contributed by atoms with van der Waals surface area (Å²) in [5, 5.41) is 4.77. The van der Waals surface area contributed by atoms with Gasteiger partial charge in [0.2, 0.25) is 10.0 Å². The maximum absolute atomic E-state index is 13.6. The van der Waals surface area contributed by atoms with Gasteiger partial charge in [-0.2, -0.15) is 0 Å². The zero-order valence-electron chi connectivity index (χ0n) is 12.3. The Labute approximate surface area is 128 Å². The molecule has 0 unspecified atom stereocenters. The fourth-order valence-electron chi connectivity index (χ4n) is 1.60. The van der Waals surface area contributed by atoms with Crippen LogP contribution in [0.2, 0.25) is 5.02 Å². The quantitative estimate of drug-likeness (QED) is 0.916. The number of carbonyl (C=O) groups is 1. The number of carbonyl (C=O) groups excluding carboxylic acids is 1. The number of nitrogens with two attached hydrogens (primary N) is 1. The monoisotopic (exact) mass is 336 g/mol. The topological polar surface area (TPSA) is 80.5 Å². The Bertz CT molecular complexity index is 674. The van der Waals surface area contributed by atoms with E-state index in [1.165, 1.54) is 4.90 Å². The van der Waals surface area contributed by atoms with Crippen molar-refractivity contribution in [1.29, 1.82) is 0 Å². The van der Waals surface area contributed by atoms with Gasteiger partial charge in [-0.3, -0.25) is 4.79 Å². The zero-order valence-corrected chi connectivity index (χ0v) is 13.8. The molecule has 0 saturated heterocycles. The predicted molar refractivity (Wildman–Crippen MR) is 79.2 cm³/mol. The molecule has 0 atom stereocenters. The second-order valence-corrected chi connectivity index (χ2v) is 7.27. The molecule has 1 amide bonds. The summed E-state index contributed by atoms with van der Waals surface area (Å²) in [6.45, 7) is 5.61. The van der Waals surface area contributed by atoms with Crippen molar-refractivity contribution in [3.63, 3.8) is 0 Å². The molecule has 1 aromatic rings. The van der Waals surface area contributed by atoms with Gasteiger partial charge >= 0.3 is 0 Å². The first-order valence-corrected chi connectivity index (χ1v) is 8.14. The highest BCUT2D eigenvalue weighted by molar-refractivity contribution is 7.89. The van der Waals surface area contributed by atoms with E-state index in [1.54, 1.807) is 7.05 Å². The number of benzene rings is 1. The van der Waals surface area contributed by atoms with Crippen LogP contribution < -0.4 is 5.14 Å². The molecule has 0 saturated carbocycles. The molecule has 0 aliphatic carbocycles. The molecule has 21 heavy (non-hydrogen) atoms. The molecule has 5 nitrogen and oxygen atoms in total. The molecule has 2 N–H and O–H groups in total. The van der Waals surface area contributed by atoms with Gasteiger partial charge in [0.25, 0.3) is 5.91 Å². The number of nitrogens with zero attached hydrogens (tertiary/aromatic N) is 1. The lowest BCUT2D eigenvalue weighted by Crippen LogP contribution is -2.44. The van der Waals surface area contributed by atoms with Crippen molar-refractivity contribution in [2.75, 3.05) is 7.05 Å². The number of hydrogen-bond donors (Lipinski definition) is 1. The largest absolute Gasteiger partial charge is 0.337 e. The van der Waals surface area contributed by atoms with E-state index in [2.05, 4.69) is 0 Å². The lowest BCUT2D eigenvalue weighted by atomic mass is 9.99. The van der Waals surface area contributed by atoms with E-state index in [9.17, 15) is 17.6 Å². The molecule has 0 aliphatic rings. The number of primary sulfonamides is 1. The Balaban J connectivity index is 3.41. The van der Waals surface area contributed by atoms with Gasteiger partial charge in [-0.05, 0) is 32.4 Å². The minimum atomic E-state index is -4.28. The summed E-state index contributed by atoms with van der Waals surface area (Å²) in [5.41, 5.74) is -0.567. The highest BCUT2D eigenvalue weighted by atomic mass is 35.5. The van der Waals surface area contributed by atoms with Gasteiger partial charge < -0.3 is 4.90 Å². The molecule has 1 aromatic carbocycles. The second-order valence-electron chi connectivity index (χ2n) is 5.34.